The van der Waals surface area contributed by atoms with Gasteiger partial charge >= 0.3 is 0 Å². The summed E-state index contributed by atoms with van der Waals surface area (Å²) in [6.07, 6.45) is 0. The molecule has 0 aromatic heterocycles. The highest BCUT2D eigenvalue weighted by molar-refractivity contribution is 7.99. The maximum Gasteiger partial charge on any atom is 0.224 e. The molecule has 0 aromatic carbocycles. The molecule has 2 atom stereocenters. The van der Waals surface area contributed by atoms with Crippen molar-refractivity contribution in [2.45, 2.75) is 19.9 Å². The van der Waals surface area contributed by atoms with Crippen LogP contribution in [0.2, 0.25) is 0 Å². The van der Waals surface area contributed by atoms with Crippen molar-refractivity contribution in [1.29, 1.82) is 0 Å². The number of sulfonamides is 1. The van der Waals surface area contributed by atoms with Gasteiger partial charge in [0.05, 0.1) is 5.75 Å². The summed E-state index contributed by atoms with van der Waals surface area (Å²) in [7, 11) is -3.25. The molecule has 1 saturated heterocycles. The average Bonchev–Trinajstić information content (AvgIpc) is 2.38. The Morgan fingerprint density at radius 2 is 1.95 bits per heavy atom. The molecule has 6 nitrogen and oxygen atoms in total. The second-order valence-corrected chi connectivity index (χ2v) is 8.08. The molecule has 0 aliphatic carbocycles. The van der Waals surface area contributed by atoms with Gasteiger partial charge in [-0.1, -0.05) is 6.92 Å². The maximum atomic E-state index is 12.0. The maximum absolute atomic E-state index is 12.0. The lowest BCUT2D eigenvalue weighted by molar-refractivity contribution is -0.124. The highest BCUT2D eigenvalue weighted by Gasteiger charge is 2.24. The van der Waals surface area contributed by atoms with E-state index in [1.54, 1.807) is 25.6 Å². The van der Waals surface area contributed by atoms with E-state index in [1.165, 1.54) is 4.31 Å². The number of nitrogens with two attached hydrogens (primary N) is 1. The summed E-state index contributed by atoms with van der Waals surface area (Å²) < 4.78 is 25.5. The summed E-state index contributed by atoms with van der Waals surface area (Å²) in [5.41, 5.74) is 5.62. The number of carbonyl (C=O) groups excluding carboxylic acids is 1. The number of thioether (sulfide) groups is 1. The fourth-order valence-corrected chi connectivity index (χ4v) is 4.15. The largest absolute Gasteiger partial charge is 0.355 e. The minimum atomic E-state index is -3.25. The van der Waals surface area contributed by atoms with Crippen LogP contribution in [0.3, 0.4) is 0 Å². The molecule has 1 rings (SSSR count). The number of hydrogen-bond acceptors (Lipinski definition) is 5. The first-order valence-corrected chi connectivity index (χ1v) is 9.20. The Balaban J connectivity index is 2.37. The SMILES string of the molecule is CC(N)C(C)C(=O)NCCS(=O)(=O)N1CCSCC1. The van der Waals surface area contributed by atoms with Crippen LogP contribution < -0.4 is 11.1 Å². The Hall–Kier alpha value is -0.310. The van der Waals surface area contributed by atoms with Gasteiger partial charge in [-0.25, -0.2) is 12.7 Å². The summed E-state index contributed by atoms with van der Waals surface area (Å²) in [5, 5.41) is 2.63. The van der Waals surface area contributed by atoms with E-state index in [1.807, 2.05) is 0 Å². The fraction of sp³-hybridized carbons (Fsp3) is 0.909. The summed E-state index contributed by atoms with van der Waals surface area (Å²) in [4.78, 5) is 11.6. The van der Waals surface area contributed by atoms with Crippen LogP contribution >= 0.6 is 11.8 Å². The predicted octanol–water partition coefficient (Wildman–Crippen LogP) is -0.535. The van der Waals surface area contributed by atoms with Crippen molar-refractivity contribution < 1.29 is 13.2 Å². The van der Waals surface area contributed by atoms with Gasteiger partial charge < -0.3 is 11.1 Å². The second kappa shape index (κ2) is 7.47. The number of amides is 1. The zero-order chi connectivity index (χ0) is 14.5. The second-order valence-electron chi connectivity index (χ2n) is 4.77. The lowest BCUT2D eigenvalue weighted by Gasteiger charge is -2.25. The van der Waals surface area contributed by atoms with Crippen LogP contribution in [0.15, 0.2) is 0 Å². The third-order valence-corrected chi connectivity index (χ3v) is 6.04. The van der Waals surface area contributed by atoms with Crippen molar-refractivity contribution >= 4 is 27.7 Å². The molecule has 0 saturated carbocycles. The highest BCUT2D eigenvalue weighted by Crippen LogP contribution is 2.13. The predicted molar refractivity (Wildman–Crippen MR) is 78.5 cm³/mol. The number of hydrogen-bond donors (Lipinski definition) is 2. The fourth-order valence-electron chi connectivity index (χ4n) is 1.66. The number of rotatable bonds is 6. The summed E-state index contributed by atoms with van der Waals surface area (Å²) in [6, 6.07) is -0.240. The number of carbonyl (C=O) groups is 1. The summed E-state index contributed by atoms with van der Waals surface area (Å²) >= 11 is 1.76. The monoisotopic (exact) mass is 309 g/mol. The van der Waals surface area contributed by atoms with Crippen LogP contribution in [-0.2, 0) is 14.8 Å². The van der Waals surface area contributed by atoms with E-state index in [0.717, 1.165) is 11.5 Å². The van der Waals surface area contributed by atoms with Crippen LogP contribution in [-0.4, -0.2) is 61.6 Å². The molecular formula is C11H23N3O3S2. The molecule has 0 aromatic rings. The van der Waals surface area contributed by atoms with E-state index in [-0.39, 0.29) is 30.2 Å². The first kappa shape index (κ1) is 16.7. The molecule has 1 fully saturated rings. The number of nitrogens with zero attached hydrogens (tertiary/aromatic N) is 1. The summed E-state index contributed by atoms with van der Waals surface area (Å²) in [6.45, 7) is 4.76. The van der Waals surface area contributed by atoms with Crippen LogP contribution in [0.1, 0.15) is 13.8 Å². The van der Waals surface area contributed by atoms with Gasteiger partial charge in [-0.2, -0.15) is 11.8 Å². The molecule has 0 spiro atoms. The van der Waals surface area contributed by atoms with E-state index in [9.17, 15) is 13.2 Å². The molecule has 8 heteroatoms. The quantitative estimate of drug-likeness (QED) is 0.688. The first-order valence-electron chi connectivity index (χ1n) is 6.43. The van der Waals surface area contributed by atoms with Gasteiger partial charge in [-0.15, -0.1) is 0 Å². The van der Waals surface area contributed by atoms with Crippen molar-refractivity contribution in [3.05, 3.63) is 0 Å². The van der Waals surface area contributed by atoms with E-state index >= 15 is 0 Å². The minimum absolute atomic E-state index is 0.0465. The first-order chi connectivity index (χ1) is 8.84. The molecule has 0 radical (unpaired) electrons. The molecule has 2 unspecified atom stereocenters. The van der Waals surface area contributed by atoms with Gasteiger partial charge in [-0.3, -0.25) is 4.79 Å². The molecule has 1 aliphatic rings. The van der Waals surface area contributed by atoms with Crippen molar-refractivity contribution in [2.75, 3.05) is 36.9 Å². The molecule has 112 valence electrons. The Kier molecular flexibility index (Phi) is 6.58. The van der Waals surface area contributed by atoms with Crippen LogP contribution in [0.25, 0.3) is 0 Å². The van der Waals surface area contributed by atoms with Gasteiger partial charge in [0, 0.05) is 43.1 Å². The normalized spacial score (nSPS) is 20.8. The zero-order valence-electron chi connectivity index (χ0n) is 11.5. The van der Waals surface area contributed by atoms with Crippen LogP contribution in [0.4, 0.5) is 0 Å². The Morgan fingerprint density at radius 1 is 1.37 bits per heavy atom. The molecule has 1 heterocycles. The zero-order valence-corrected chi connectivity index (χ0v) is 13.1. The van der Waals surface area contributed by atoms with Crippen LogP contribution in [0.5, 0.6) is 0 Å². The molecule has 1 aliphatic heterocycles. The third kappa shape index (κ3) is 5.29. The van der Waals surface area contributed by atoms with Gasteiger partial charge in [-0.05, 0) is 6.92 Å². The average molecular weight is 309 g/mol. The van der Waals surface area contributed by atoms with E-state index in [0.29, 0.717) is 13.1 Å². The van der Waals surface area contributed by atoms with Crippen molar-refractivity contribution in [1.82, 2.24) is 9.62 Å². The molecule has 0 bridgehead atoms. The van der Waals surface area contributed by atoms with E-state index in [4.69, 9.17) is 5.73 Å². The third-order valence-electron chi connectivity index (χ3n) is 3.22. The molecular weight excluding hydrogens is 286 g/mol. The topological polar surface area (TPSA) is 92.5 Å². The minimum Gasteiger partial charge on any atom is -0.355 e. The Morgan fingerprint density at radius 3 is 2.47 bits per heavy atom. The van der Waals surface area contributed by atoms with Gasteiger partial charge in [0.15, 0.2) is 0 Å². The molecule has 3 N–H and O–H groups in total. The van der Waals surface area contributed by atoms with Gasteiger partial charge in [0.25, 0.3) is 0 Å². The van der Waals surface area contributed by atoms with E-state index < -0.39 is 10.0 Å². The standard InChI is InChI=1S/C11H23N3O3S2/c1-9(10(2)12)11(15)13-3-8-19(16,17)14-4-6-18-7-5-14/h9-10H,3-8,12H2,1-2H3,(H,13,15). The van der Waals surface area contributed by atoms with Gasteiger partial charge in [0.1, 0.15) is 0 Å². The van der Waals surface area contributed by atoms with Crippen molar-refractivity contribution in [2.24, 2.45) is 11.7 Å². The summed E-state index contributed by atoms with van der Waals surface area (Å²) in [5.74, 6) is 1.13. The number of nitrogens with one attached hydrogen (secondary N) is 1. The molecule has 19 heavy (non-hydrogen) atoms. The van der Waals surface area contributed by atoms with Gasteiger partial charge in [0.2, 0.25) is 15.9 Å². The Labute approximate surface area is 119 Å². The Bertz CT molecular complexity index is 392. The highest BCUT2D eigenvalue weighted by atomic mass is 32.2. The smallest absolute Gasteiger partial charge is 0.224 e. The van der Waals surface area contributed by atoms with Crippen LogP contribution in [0, 0.1) is 5.92 Å². The lowest BCUT2D eigenvalue weighted by atomic mass is 10.0. The lowest BCUT2D eigenvalue weighted by Crippen LogP contribution is -2.44. The van der Waals surface area contributed by atoms with Crippen molar-refractivity contribution in [3.8, 4) is 0 Å². The van der Waals surface area contributed by atoms with Crippen molar-refractivity contribution in [3.63, 3.8) is 0 Å². The molecule has 1 amide bonds. The van der Waals surface area contributed by atoms with E-state index in [2.05, 4.69) is 5.32 Å².